The third-order valence-corrected chi connectivity index (χ3v) is 2.43. The quantitative estimate of drug-likeness (QED) is 0.774. The van der Waals surface area contributed by atoms with Crippen molar-refractivity contribution in [2.75, 3.05) is 13.7 Å². The summed E-state index contributed by atoms with van der Waals surface area (Å²) in [5.41, 5.74) is 1.35. The molecule has 1 unspecified atom stereocenters. The van der Waals surface area contributed by atoms with Gasteiger partial charge in [-0.2, -0.15) is 0 Å². The molecule has 1 atom stereocenters. The summed E-state index contributed by atoms with van der Waals surface area (Å²) in [4.78, 5) is 0. The van der Waals surface area contributed by atoms with Gasteiger partial charge in [0.25, 0.3) is 0 Å². The molecule has 2 heteroatoms. The smallest absolute Gasteiger partial charge is 0.119 e. The minimum absolute atomic E-state index is 0.521. The van der Waals surface area contributed by atoms with E-state index >= 15 is 0 Å². The molecule has 0 saturated heterocycles. The highest BCUT2D eigenvalue weighted by molar-refractivity contribution is 5.27. The van der Waals surface area contributed by atoms with Crippen LogP contribution in [0.4, 0.5) is 0 Å². The molecule has 1 rings (SSSR count). The molecule has 84 valence electrons. The molecule has 1 aromatic carbocycles. The van der Waals surface area contributed by atoms with E-state index in [0.717, 1.165) is 25.2 Å². The fourth-order valence-electron chi connectivity index (χ4n) is 1.40. The van der Waals surface area contributed by atoms with Gasteiger partial charge in [-0.25, -0.2) is 0 Å². The lowest BCUT2D eigenvalue weighted by Gasteiger charge is -2.10. The highest BCUT2D eigenvalue weighted by Crippen LogP contribution is 2.13. The topological polar surface area (TPSA) is 21.3 Å². The maximum Gasteiger partial charge on any atom is 0.119 e. The van der Waals surface area contributed by atoms with Crippen molar-refractivity contribution in [3.8, 4) is 5.75 Å². The Bertz CT molecular complexity index is 268. The first-order chi connectivity index (χ1) is 7.26. The van der Waals surface area contributed by atoms with E-state index in [4.69, 9.17) is 4.74 Å². The molecule has 2 nitrogen and oxygen atoms in total. The minimum atomic E-state index is 0.521. The zero-order valence-electron chi connectivity index (χ0n) is 9.92. The van der Waals surface area contributed by atoms with Crippen molar-refractivity contribution in [1.29, 1.82) is 0 Å². The second-order valence-electron chi connectivity index (χ2n) is 3.89. The molecule has 0 aromatic heterocycles. The van der Waals surface area contributed by atoms with Crippen LogP contribution in [0.3, 0.4) is 0 Å². The highest BCUT2D eigenvalue weighted by Gasteiger charge is 2.00. The van der Waals surface area contributed by atoms with Crippen LogP contribution in [0.25, 0.3) is 0 Å². The van der Waals surface area contributed by atoms with E-state index in [9.17, 15) is 0 Å². The van der Waals surface area contributed by atoms with Crippen LogP contribution in [-0.4, -0.2) is 19.7 Å². The van der Waals surface area contributed by atoms with Crippen LogP contribution in [0.2, 0.25) is 0 Å². The lowest BCUT2D eigenvalue weighted by atomic mass is 10.1. The molecule has 0 radical (unpaired) electrons. The summed E-state index contributed by atoms with van der Waals surface area (Å²) in [5, 5.41) is 3.23. The van der Waals surface area contributed by atoms with E-state index in [0.29, 0.717) is 6.04 Å². The van der Waals surface area contributed by atoms with Gasteiger partial charge in [0, 0.05) is 6.04 Å². The number of hydrogen-bond donors (Lipinski definition) is 1. The maximum absolute atomic E-state index is 5.53. The SMILES string of the molecule is CCCOc1ccc(CC(C)NC)cc1. The summed E-state index contributed by atoms with van der Waals surface area (Å²) >= 11 is 0. The normalized spacial score (nSPS) is 12.5. The number of nitrogens with one attached hydrogen (secondary N) is 1. The van der Waals surface area contributed by atoms with Gasteiger partial charge < -0.3 is 10.1 Å². The summed E-state index contributed by atoms with van der Waals surface area (Å²) in [6.45, 7) is 5.09. The van der Waals surface area contributed by atoms with Gasteiger partial charge in [0.1, 0.15) is 5.75 Å². The molecule has 0 amide bonds. The Morgan fingerprint density at radius 1 is 1.27 bits per heavy atom. The lowest BCUT2D eigenvalue weighted by Crippen LogP contribution is -2.23. The predicted octanol–water partition coefficient (Wildman–Crippen LogP) is 2.63. The molecule has 1 aromatic rings. The Labute approximate surface area is 92.6 Å². The maximum atomic E-state index is 5.53. The molecule has 15 heavy (non-hydrogen) atoms. The van der Waals surface area contributed by atoms with Crippen molar-refractivity contribution < 1.29 is 4.74 Å². The van der Waals surface area contributed by atoms with E-state index in [-0.39, 0.29) is 0 Å². The van der Waals surface area contributed by atoms with Crippen LogP contribution in [0.15, 0.2) is 24.3 Å². The molecule has 0 aliphatic heterocycles. The van der Waals surface area contributed by atoms with Crippen molar-refractivity contribution in [1.82, 2.24) is 5.32 Å². The van der Waals surface area contributed by atoms with E-state index in [2.05, 4.69) is 31.3 Å². The summed E-state index contributed by atoms with van der Waals surface area (Å²) in [6.07, 6.45) is 2.11. The number of ether oxygens (including phenoxy) is 1. The molecule has 0 aliphatic rings. The fourth-order valence-corrected chi connectivity index (χ4v) is 1.40. The van der Waals surface area contributed by atoms with Crippen molar-refractivity contribution in [2.24, 2.45) is 0 Å². The Hall–Kier alpha value is -1.02. The molecular formula is C13H21NO. The molecule has 0 heterocycles. The Kier molecular flexibility index (Phi) is 5.19. The fraction of sp³-hybridized carbons (Fsp3) is 0.538. The highest BCUT2D eigenvalue weighted by atomic mass is 16.5. The molecule has 1 N–H and O–H groups in total. The molecule has 0 fully saturated rings. The summed E-state index contributed by atoms with van der Waals surface area (Å²) in [6, 6.07) is 8.89. The third-order valence-electron chi connectivity index (χ3n) is 2.43. The monoisotopic (exact) mass is 207 g/mol. The zero-order chi connectivity index (χ0) is 11.1. The molecule has 0 saturated carbocycles. The zero-order valence-corrected chi connectivity index (χ0v) is 9.92. The van der Waals surface area contributed by atoms with Crippen molar-refractivity contribution in [3.63, 3.8) is 0 Å². The third kappa shape index (κ3) is 4.34. The number of benzene rings is 1. The summed E-state index contributed by atoms with van der Waals surface area (Å²) in [5.74, 6) is 0.970. The van der Waals surface area contributed by atoms with Gasteiger partial charge in [0.05, 0.1) is 6.61 Å². The number of hydrogen-bond acceptors (Lipinski definition) is 2. The standard InChI is InChI=1S/C13H21NO/c1-4-9-15-13-7-5-12(6-8-13)10-11(2)14-3/h5-8,11,14H,4,9-10H2,1-3H3. The second-order valence-corrected chi connectivity index (χ2v) is 3.89. The average molecular weight is 207 g/mol. The van der Waals surface area contributed by atoms with Crippen LogP contribution in [0, 0.1) is 0 Å². The van der Waals surface area contributed by atoms with Crippen LogP contribution >= 0.6 is 0 Å². The molecular weight excluding hydrogens is 186 g/mol. The van der Waals surface area contributed by atoms with Crippen LogP contribution < -0.4 is 10.1 Å². The summed E-state index contributed by atoms with van der Waals surface area (Å²) < 4.78 is 5.53. The van der Waals surface area contributed by atoms with Gasteiger partial charge in [-0.1, -0.05) is 19.1 Å². The van der Waals surface area contributed by atoms with Gasteiger partial charge in [-0.15, -0.1) is 0 Å². The largest absolute Gasteiger partial charge is 0.494 e. The molecule has 0 spiro atoms. The number of likely N-dealkylation sites (N-methyl/N-ethyl adjacent to an activating group) is 1. The predicted molar refractivity (Wildman–Crippen MR) is 64.5 cm³/mol. The first-order valence-corrected chi connectivity index (χ1v) is 5.65. The van der Waals surface area contributed by atoms with Gasteiger partial charge in [0.15, 0.2) is 0 Å². The van der Waals surface area contributed by atoms with E-state index < -0.39 is 0 Å². The minimum Gasteiger partial charge on any atom is -0.494 e. The first kappa shape index (κ1) is 12.1. The number of rotatable bonds is 6. The van der Waals surface area contributed by atoms with E-state index in [1.165, 1.54) is 5.56 Å². The van der Waals surface area contributed by atoms with Crippen LogP contribution in [0.1, 0.15) is 25.8 Å². The van der Waals surface area contributed by atoms with Crippen molar-refractivity contribution >= 4 is 0 Å². The first-order valence-electron chi connectivity index (χ1n) is 5.65. The van der Waals surface area contributed by atoms with Crippen LogP contribution in [0.5, 0.6) is 5.75 Å². The lowest BCUT2D eigenvalue weighted by molar-refractivity contribution is 0.317. The van der Waals surface area contributed by atoms with Gasteiger partial charge in [-0.3, -0.25) is 0 Å². The Morgan fingerprint density at radius 2 is 1.93 bits per heavy atom. The average Bonchev–Trinajstić information content (AvgIpc) is 2.28. The van der Waals surface area contributed by atoms with Crippen molar-refractivity contribution in [3.05, 3.63) is 29.8 Å². The van der Waals surface area contributed by atoms with Crippen LogP contribution in [-0.2, 0) is 6.42 Å². The summed E-state index contributed by atoms with van der Waals surface area (Å²) in [7, 11) is 1.99. The van der Waals surface area contributed by atoms with Gasteiger partial charge in [-0.05, 0) is 44.5 Å². The van der Waals surface area contributed by atoms with Gasteiger partial charge >= 0.3 is 0 Å². The Morgan fingerprint density at radius 3 is 2.47 bits per heavy atom. The van der Waals surface area contributed by atoms with Gasteiger partial charge in [0.2, 0.25) is 0 Å². The van der Waals surface area contributed by atoms with Crippen molar-refractivity contribution in [2.45, 2.75) is 32.7 Å². The molecule has 0 aliphatic carbocycles. The molecule has 0 bridgehead atoms. The van der Waals surface area contributed by atoms with E-state index in [1.807, 2.05) is 19.2 Å². The Balaban J connectivity index is 2.48. The second kappa shape index (κ2) is 6.46. The van der Waals surface area contributed by atoms with E-state index in [1.54, 1.807) is 0 Å².